The number of aromatic nitrogens is 1. The van der Waals surface area contributed by atoms with Gasteiger partial charge in [0, 0.05) is 26.4 Å². The van der Waals surface area contributed by atoms with Crippen molar-refractivity contribution in [1.82, 2.24) is 8.87 Å². The molecule has 1 N–H and O–H groups in total. The van der Waals surface area contributed by atoms with Gasteiger partial charge in [0.1, 0.15) is 6.54 Å². The number of benzene rings is 1. The van der Waals surface area contributed by atoms with Crippen molar-refractivity contribution in [3.05, 3.63) is 58.3 Å². The molecule has 7 nitrogen and oxygen atoms in total. The van der Waals surface area contributed by atoms with Gasteiger partial charge in [-0.25, -0.2) is 25.9 Å². The van der Waals surface area contributed by atoms with E-state index in [4.69, 9.17) is 0 Å². The molecule has 0 aliphatic rings. The van der Waals surface area contributed by atoms with Crippen LogP contribution in [0.3, 0.4) is 0 Å². The van der Waals surface area contributed by atoms with Crippen LogP contribution in [0.4, 0.5) is 18.9 Å². The van der Waals surface area contributed by atoms with Gasteiger partial charge in [0.15, 0.2) is 17.5 Å². The van der Waals surface area contributed by atoms with Crippen molar-refractivity contribution in [3.8, 4) is 0 Å². The standard InChI is InChI=1S/C15H14F3N3O4S/c1-20(2)26(24,25)9-3-6-13(23)21(7-9)8-12(22)19-11-5-4-10(16)14(17)15(11)18/h3-7H,8H2,1-2H3,(H,19,22). The van der Waals surface area contributed by atoms with Gasteiger partial charge in [0.2, 0.25) is 15.9 Å². The van der Waals surface area contributed by atoms with Gasteiger partial charge in [-0.3, -0.25) is 9.59 Å². The van der Waals surface area contributed by atoms with Crippen LogP contribution in [0.1, 0.15) is 0 Å². The highest BCUT2D eigenvalue weighted by molar-refractivity contribution is 7.89. The molecule has 0 radical (unpaired) electrons. The maximum atomic E-state index is 13.6. The molecule has 1 heterocycles. The molecule has 1 amide bonds. The van der Waals surface area contributed by atoms with E-state index in [0.29, 0.717) is 6.07 Å². The molecule has 0 fully saturated rings. The van der Waals surface area contributed by atoms with Crippen molar-refractivity contribution in [2.75, 3.05) is 19.4 Å². The van der Waals surface area contributed by atoms with E-state index in [-0.39, 0.29) is 4.90 Å². The third-order valence-corrected chi connectivity index (χ3v) is 5.16. The number of halogens is 3. The van der Waals surface area contributed by atoms with Crippen LogP contribution in [0.5, 0.6) is 0 Å². The largest absolute Gasteiger partial charge is 0.322 e. The fourth-order valence-electron chi connectivity index (χ4n) is 1.96. The van der Waals surface area contributed by atoms with Gasteiger partial charge < -0.3 is 9.88 Å². The first-order chi connectivity index (χ1) is 12.0. The SMILES string of the molecule is CN(C)S(=O)(=O)c1ccc(=O)n(CC(=O)Nc2ccc(F)c(F)c2F)c1. The molecule has 2 aromatic rings. The van der Waals surface area contributed by atoms with Crippen molar-refractivity contribution < 1.29 is 26.4 Å². The average molecular weight is 389 g/mol. The minimum atomic E-state index is -3.84. The molecule has 0 bridgehead atoms. The van der Waals surface area contributed by atoms with E-state index in [0.717, 1.165) is 33.3 Å². The van der Waals surface area contributed by atoms with E-state index in [1.165, 1.54) is 14.1 Å². The number of carbonyl (C=O) groups is 1. The Morgan fingerprint density at radius 2 is 1.77 bits per heavy atom. The summed E-state index contributed by atoms with van der Waals surface area (Å²) in [5.74, 6) is -5.69. The monoisotopic (exact) mass is 389 g/mol. The summed E-state index contributed by atoms with van der Waals surface area (Å²) in [6, 6.07) is 3.49. The van der Waals surface area contributed by atoms with Gasteiger partial charge in [-0.15, -0.1) is 0 Å². The van der Waals surface area contributed by atoms with E-state index in [1.807, 2.05) is 5.32 Å². The molecule has 26 heavy (non-hydrogen) atoms. The number of pyridine rings is 1. The molecule has 0 aliphatic heterocycles. The molecule has 0 spiro atoms. The molecule has 2 rings (SSSR count). The average Bonchev–Trinajstić information content (AvgIpc) is 2.57. The fourth-order valence-corrected chi connectivity index (χ4v) is 2.89. The Morgan fingerprint density at radius 1 is 1.12 bits per heavy atom. The van der Waals surface area contributed by atoms with Crippen molar-refractivity contribution >= 4 is 21.6 Å². The molecule has 0 saturated heterocycles. The molecule has 0 atom stereocenters. The molecule has 0 unspecified atom stereocenters. The number of nitrogens with zero attached hydrogens (tertiary/aromatic N) is 2. The molecular weight excluding hydrogens is 375 g/mol. The van der Waals surface area contributed by atoms with E-state index in [1.54, 1.807) is 0 Å². The highest BCUT2D eigenvalue weighted by Crippen LogP contribution is 2.19. The van der Waals surface area contributed by atoms with Crippen molar-refractivity contribution in [3.63, 3.8) is 0 Å². The lowest BCUT2D eigenvalue weighted by molar-refractivity contribution is -0.116. The molecule has 1 aromatic carbocycles. The quantitative estimate of drug-likeness (QED) is 0.778. The number of anilines is 1. The maximum absolute atomic E-state index is 13.6. The number of rotatable bonds is 5. The minimum absolute atomic E-state index is 0.228. The Labute approximate surface area is 146 Å². The van der Waals surface area contributed by atoms with Crippen LogP contribution in [-0.2, 0) is 21.4 Å². The second-order valence-corrected chi connectivity index (χ2v) is 7.54. The topological polar surface area (TPSA) is 88.5 Å². The number of hydrogen-bond donors (Lipinski definition) is 1. The predicted octanol–water partition coefficient (Wildman–Crippen LogP) is 1.15. The van der Waals surface area contributed by atoms with Crippen LogP contribution in [0.15, 0.2) is 40.2 Å². The molecule has 11 heteroatoms. The van der Waals surface area contributed by atoms with Gasteiger partial charge >= 0.3 is 0 Å². The number of carbonyl (C=O) groups excluding carboxylic acids is 1. The molecule has 1 aromatic heterocycles. The zero-order chi connectivity index (χ0) is 19.6. The summed E-state index contributed by atoms with van der Waals surface area (Å²) in [4.78, 5) is 23.5. The van der Waals surface area contributed by atoms with Crippen LogP contribution < -0.4 is 10.9 Å². The van der Waals surface area contributed by atoms with Crippen LogP contribution in [-0.4, -0.2) is 37.3 Å². The summed E-state index contributed by atoms with van der Waals surface area (Å²) in [5, 5.41) is 1.99. The van der Waals surface area contributed by atoms with Gasteiger partial charge in [0.05, 0.1) is 10.6 Å². The number of amides is 1. The molecular formula is C15H14F3N3O4S. The van der Waals surface area contributed by atoms with E-state index in [9.17, 15) is 31.2 Å². The lowest BCUT2D eigenvalue weighted by Crippen LogP contribution is -2.29. The van der Waals surface area contributed by atoms with Gasteiger partial charge in [-0.1, -0.05) is 0 Å². The van der Waals surface area contributed by atoms with Crippen molar-refractivity contribution in [2.24, 2.45) is 0 Å². The summed E-state index contributed by atoms with van der Waals surface area (Å²) < 4.78 is 65.5. The van der Waals surface area contributed by atoms with Crippen molar-refractivity contribution in [1.29, 1.82) is 0 Å². The Hall–Kier alpha value is -2.66. The maximum Gasteiger partial charge on any atom is 0.251 e. The zero-order valence-corrected chi connectivity index (χ0v) is 14.5. The lowest BCUT2D eigenvalue weighted by Gasteiger charge is -2.13. The van der Waals surface area contributed by atoms with E-state index < -0.39 is 51.2 Å². The van der Waals surface area contributed by atoms with Crippen LogP contribution in [0.2, 0.25) is 0 Å². The number of nitrogens with one attached hydrogen (secondary N) is 1. The summed E-state index contributed by atoms with van der Waals surface area (Å²) in [5.41, 5.74) is -1.29. The van der Waals surface area contributed by atoms with Crippen LogP contribution >= 0.6 is 0 Å². The third kappa shape index (κ3) is 3.94. The molecule has 140 valence electrons. The van der Waals surface area contributed by atoms with Gasteiger partial charge in [-0.2, -0.15) is 0 Å². The Balaban J connectivity index is 2.27. The highest BCUT2D eigenvalue weighted by atomic mass is 32.2. The third-order valence-electron chi connectivity index (χ3n) is 3.36. The second kappa shape index (κ2) is 7.30. The first-order valence-electron chi connectivity index (χ1n) is 7.10. The smallest absolute Gasteiger partial charge is 0.251 e. The highest BCUT2D eigenvalue weighted by Gasteiger charge is 2.19. The Bertz CT molecular complexity index is 1020. The second-order valence-electron chi connectivity index (χ2n) is 5.39. The molecule has 0 saturated carbocycles. The first kappa shape index (κ1) is 19.7. The summed E-state index contributed by atoms with van der Waals surface area (Å²) in [7, 11) is -1.25. The molecule has 0 aliphatic carbocycles. The van der Waals surface area contributed by atoms with Gasteiger partial charge in [-0.05, 0) is 18.2 Å². The van der Waals surface area contributed by atoms with Crippen LogP contribution in [0, 0.1) is 17.5 Å². The fraction of sp³-hybridized carbons (Fsp3) is 0.200. The van der Waals surface area contributed by atoms with Gasteiger partial charge in [0.25, 0.3) is 5.56 Å². The predicted molar refractivity (Wildman–Crippen MR) is 86.5 cm³/mol. The van der Waals surface area contributed by atoms with E-state index >= 15 is 0 Å². The first-order valence-corrected chi connectivity index (χ1v) is 8.54. The summed E-state index contributed by atoms with van der Waals surface area (Å²) >= 11 is 0. The minimum Gasteiger partial charge on any atom is -0.322 e. The Morgan fingerprint density at radius 3 is 2.38 bits per heavy atom. The van der Waals surface area contributed by atoms with E-state index in [2.05, 4.69) is 0 Å². The van der Waals surface area contributed by atoms with Crippen LogP contribution in [0.25, 0.3) is 0 Å². The Kier molecular flexibility index (Phi) is 5.52. The number of sulfonamides is 1. The summed E-state index contributed by atoms with van der Waals surface area (Å²) in [6.07, 6.45) is 0.957. The summed E-state index contributed by atoms with van der Waals surface area (Å²) in [6.45, 7) is -0.659. The number of hydrogen-bond acceptors (Lipinski definition) is 4. The zero-order valence-electron chi connectivity index (χ0n) is 13.7. The normalized spacial score (nSPS) is 11.6. The lowest BCUT2D eigenvalue weighted by atomic mass is 10.2. The van der Waals surface area contributed by atoms with Crippen molar-refractivity contribution in [2.45, 2.75) is 11.4 Å².